The van der Waals surface area contributed by atoms with Crippen LogP contribution in [0, 0.1) is 0 Å². The number of carbonyl (C=O) groups is 2. The molecule has 1 saturated carbocycles. The van der Waals surface area contributed by atoms with Crippen molar-refractivity contribution in [1.82, 2.24) is 0 Å². The van der Waals surface area contributed by atoms with E-state index in [-0.39, 0.29) is 29.3 Å². The summed E-state index contributed by atoms with van der Waals surface area (Å²) < 4.78 is 0. The quantitative estimate of drug-likeness (QED) is 0.487. The molecule has 0 amide bonds. The van der Waals surface area contributed by atoms with E-state index in [1.807, 2.05) is 16.8 Å². The molecular weight excluding hydrogens is 224 g/mol. The van der Waals surface area contributed by atoms with Gasteiger partial charge in [0.1, 0.15) is 5.76 Å². The Morgan fingerprint density at radius 3 is 2.56 bits per heavy atom. The third-order valence-electron chi connectivity index (χ3n) is 2.61. The maximum absolute atomic E-state index is 11.5. The van der Waals surface area contributed by atoms with Gasteiger partial charge in [-0.3, -0.25) is 9.59 Å². The summed E-state index contributed by atoms with van der Waals surface area (Å²) in [5, 5.41) is 13.6. The van der Waals surface area contributed by atoms with Crippen molar-refractivity contribution in [3.05, 3.63) is 33.7 Å². The highest BCUT2D eigenvalue weighted by Gasteiger charge is 2.26. The molecule has 84 valence electrons. The van der Waals surface area contributed by atoms with Crippen LogP contribution in [0.25, 0.3) is 0 Å². The molecule has 0 spiro atoms. The molecule has 0 radical (unpaired) electrons. The van der Waals surface area contributed by atoms with Crippen LogP contribution in [0.4, 0.5) is 0 Å². The zero-order chi connectivity index (χ0) is 11.5. The molecule has 0 aromatic carbocycles. The zero-order valence-corrected chi connectivity index (χ0v) is 9.55. The van der Waals surface area contributed by atoms with Gasteiger partial charge in [0.25, 0.3) is 0 Å². The summed E-state index contributed by atoms with van der Waals surface area (Å²) in [7, 11) is 0. The maximum atomic E-state index is 11.5. The summed E-state index contributed by atoms with van der Waals surface area (Å²) in [6.07, 6.45) is 1.62. The Bertz CT molecular complexity index is 425. The van der Waals surface area contributed by atoms with E-state index in [4.69, 9.17) is 0 Å². The fourth-order valence-corrected chi connectivity index (χ4v) is 2.48. The van der Waals surface area contributed by atoms with Crippen LogP contribution >= 0.6 is 11.3 Å². The first-order chi connectivity index (χ1) is 7.68. The van der Waals surface area contributed by atoms with Gasteiger partial charge in [0.15, 0.2) is 11.6 Å². The van der Waals surface area contributed by atoms with Gasteiger partial charge < -0.3 is 5.11 Å². The smallest absolute Gasteiger partial charge is 0.169 e. The lowest BCUT2D eigenvalue weighted by Crippen LogP contribution is -2.21. The van der Waals surface area contributed by atoms with Crippen LogP contribution in [0.5, 0.6) is 0 Å². The number of hydrogen-bond acceptors (Lipinski definition) is 4. The molecular formula is C12H12O3S. The van der Waals surface area contributed by atoms with Gasteiger partial charge in [-0.15, -0.1) is 0 Å². The zero-order valence-electron chi connectivity index (χ0n) is 8.73. The van der Waals surface area contributed by atoms with E-state index in [1.165, 1.54) is 11.3 Å². The molecule has 1 N–H and O–H groups in total. The number of allylic oxidation sites excluding steroid dienone is 2. The largest absolute Gasteiger partial charge is 0.511 e. The van der Waals surface area contributed by atoms with Gasteiger partial charge in [-0.25, -0.2) is 0 Å². The van der Waals surface area contributed by atoms with Crippen LogP contribution in [-0.4, -0.2) is 16.7 Å². The molecule has 0 aliphatic heterocycles. The van der Waals surface area contributed by atoms with E-state index < -0.39 is 0 Å². The number of thiophene rings is 1. The molecule has 1 heterocycles. The minimum atomic E-state index is -0.219. The summed E-state index contributed by atoms with van der Waals surface area (Å²) in [5.74, 6) is -0.513. The summed E-state index contributed by atoms with van der Waals surface area (Å²) in [6.45, 7) is 0. The van der Waals surface area contributed by atoms with Gasteiger partial charge in [0.2, 0.25) is 0 Å². The molecule has 1 aliphatic rings. The standard InChI is InChI=1S/C12H12O3S/c13-9-2-1-3-10(14)12(9)11(15)6-8-4-5-16-7-8/h4-5,7,15H,1-3,6H2. The number of aliphatic hydroxyl groups excluding tert-OH is 1. The van der Waals surface area contributed by atoms with Gasteiger partial charge in [-0.2, -0.15) is 11.3 Å². The molecule has 2 rings (SSSR count). The number of aliphatic hydroxyl groups is 1. The van der Waals surface area contributed by atoms with Crippen molar-refractivity contribution in [2.24, 2.45) is 0 Å². The number of carbonyl (C=O) groups excluding carboxylic acids is 2. The highest BCUT2D eigenvalue weighted by atomic mass is 32.1. The molecule has 0 saturated heterocycles. The third kappa shape index (κ3) is 2.22. The first kappa shape index (κ1) is 11.1. The van der Waals surface area contributed by atoms with Gasteiger partial charge in [-0.1, -0.05) is 0 Å². The third-order valence-corrected chi connectivity index (χ3v) is 3.34. The van der Waals surface area contributed by atoms with Crippen molar-refractivity contribution in [2.45, 2.75) is 25.7 Å². The molecule has 0 bridgehead atoms. The van der Waals surface area contributed by atoms with E-state index >= 15 is 0 Å². The average molecular weight is 236 g/mol. The Labute approximate surface area is 97.4 Å². The lowest BCUT2D eigenvalue weighted by molar-refractivity contribution is -0.124. The van der Waals surface area contributed by atoms with E-state index in [0.29, 0.717) is 19.3 Å². The van der Waals surface area contributed by atoms with E-state index in [1.54, 1.807) is 0 Å². The minimum Gasteiger partial charge on any atom is -0.511 e. The van der Waals surface area contributed by atoms with Gasteiger partial charge in [0.05, 0.1) is 5.57 Å². The van der Waals surface area contributed by atoms with Crippen LogP contribution in [0.2, 0.25) is 0 Å². The summed E-state index contributed by atoms with van der Waals surface area (Å²) in [5.41, 5.74) is 0.957. The van der Waals surface area contributed by atoms with Crippen LogP contribution in [-0.2, 0) is 16.0 Å². The Hall–Kier alpha value is -1.42. The highest BCUT2D eigenvalue weighted by Crippen LogP contribution is 2.21. The van der Waals surface area contributed by atoms with Gasteiger partial charge in [-0.05, 0) is 28.8 Å². The summed E-state index contributed by atoms with van der Waals surface area (Å²) >= 11 is 1.53. The normalized spacial score (nSPS) is 16.6. The second kappa shape index (κ2) is 4.61. The van der Waals surface area contributed by atoms with E-state index in [0.717, 1.165) is 5.56 Å². The molecule has 1 aromatic rings. The number of rotatable bonds is 2. The first-order valence-electron chi connectivity index (χ1n) is 5.18. The Morgan fingerprint density at radius 1 is 1.31 bits per heavy atom. The van der Waals surface area contributed by atoms with Crippen LogP contribution in [0.15, 0.2) is 28.2 Å². The Balaban J connectivity index is 2.24. The van der Waals surface area contributed by atoms with Crippen molar-refractivity contribution < 1.29 is 14.7 Å². The second-order valence-corrected chi connectivity index (χ2v) is 4.61. The van der Waals surface area contributed by atoms with Crippen LogP contribution in [0.1, 0.15) is 24.8 Å². The Kier molecular flexibility index (Phi) is 3.19. The number of ketones is 2. The van der Waals surface area contributed by atoms with Gasteiger partial charge >= 0.3 is 0 Å². The molecule has 1 aromatic heterocycles. The number of hydrogen-bond donors (Lipinski definition) is 1. The topological polar surface area (TPSA) is 54.4 Å². The number of Topliss-reactive ketones (excluding diaryl/α,β-unsaturated/α-hetero) is 2. The molecule has 0 unspecified atom stereocenters. The van der Waals surface area contributed by atoms with Crippen molar-refractivity contribution in [3.8, 4) is 0 Å². The SMILES string of the molecule is O=C1CCCC(=O)C1=C(O)Cc1ccsc1. The molecule has 3 nitrogen and oxygen atoms in total. The lowest BCUT2D eigenvalue weighted by Gasteiger charge is -2.13. The van der Waals surface area contributed by atoms with Crippen molar-refractivity contribution >= 4 is 22.9 Å². The maximum Gasteiger partial charge on any atom is 0.169 e. The van der Waals surface area contributed by atoms with Crippen molar-refractivity contribution in [2.75, 3.05) is 0 Å². The highest BCUT2D eigenvalue weighted by molar-refractivity contribution is 7.07. The monoisotopic (exact) mass is 236 g/mol. The molecule has 1 aliphatic carbocycles. The van der Waals surface area contributed by atoms with Crippen molar-refractivity contribution in [1.29, 1.82) is 0 Å². The Morgan fingerprint density at radius 2 is 2.00 bits per heavy atom. The first-order valence-corrected chi connectivity index (χ1v) is 6.12. The average Bonchev–Trinajstić information content (AvgIpc) is 2.70. The summed E-state index contributed by atoms with van der Waals surface area (Å²) in [4.78, 5) is 23.1. The lowest BCUT2D eigenvalue weighted by atomic mass is 9.90. The van der Waals surface area contributed by atoms with E-state index in [2.05, 4.69) is 0 Å². The molecule has 1 fully saturated rings. The van der Waals surface area contributed by atoms with E-state index in [9.17, 15) is 14.7 Å². The molecule has 16 heavy (non-hydrogen) atoms. The molecule has 0 atom stereocenters. The van der Waals surface area contributed by atoms with Gasteiger partial charge in [0, 0.05) is 19.3 Å². The predicted octanol–water partition coefficient (Wildman–Crippen LogP) is 2.42. The van der Waals surface area contributed by atoms with Crippen LogP contribution < -0.4 is 0 Å². The fraction of sp³-hybridized carbons (Fsp3) is 0.333. The van der Waals surface area contributed by atoms with Crippen LogP contribution in [0.3, 0.4) is 0 Å². The fourth-order valence-electron chi connectivity index (χ4n) is 1.81. The minimum absolute atomic E-state index is 0.0254. The van der Waals surface area contributed by atoms with Crippen molar-refractivity contribution in [3.63, 3.8) is 0 Å². The summed E-state index contributed by atoms with van der Waals surface area (Å²) in [6, 6.07) is 1.87. The molecule has 4 heteroatoms. The predicted molar refractivity (Wildman–Crippen MR) is 61.5 cm³/mol. The second-order valence-electron chi connectivity index (χ2n) is 3.83.